The number of alkyl halides is 6. The van der Waals surface area contributed by atoms with Crippen LogP contribution in [0.2, 0.25) is 9.88 Å². The van der Waals surface area contributed by atoms with Crippen molar-refractivity contribution in [2.45, 2.75) is 22.2 Å². The van der Waals surface area contributed by atoms with E-state index in [-0.39, 0.29) is 0 Å². The third-order valence-electron chi connectivity index (χ3n) is 1.17. The molecule has 0 aromatic heterocycles. The molecule has 0 rings (SSSR count). The van der Waals surface area contributed by atoms with E-state index in [1.165, 1.54) is 9.88 Å². The van der Waals surface area contributed by atoms with Gasteiger partial charge in [-0.15, -0.1) is 0 Å². The normalized spacial score (nSPS) is 14.4. The van der Waals surface area contributed by atoms with E-state index in [0.717, 1.165) is 0 Å². The maximum absolute atomic E-state index is 11.7. The predicted octanol–water partition coefficient (Wildman–Crippen LogP) is 2.85. The molecule has 0 aliphatic carbocycles. The molecule has 0 fully saturated rings. The molecule has 0 spiro atoms. The van der Waals surface area contributed by atoms with Gasteiger partial charge in [-0.1, -0.05) is 0 Å². The fourth-order valence-corrected chi connectivity index (χ4v) is 3.71. The van der Waals surface area contributed by atoms with Gasteiger partial charge in [-0.05, 0) is 0 Å². The molecule has 0 aliphatic heterocycles. The summed E-state index contributed by atoms with van der Waals surface area (Å²) in [7, 11) is 0. The summed E-state index contributed by atoms with van der Waals surface area (Å²) >= 11 is -4.10. The Bertz CT molecular complexity index is 179. The van der Waals surface area contributed by atoms with Crippen molar-refractivity contribution >= 4 is 19.2 Å². The molecular formula is C6H10F6O2Sn. The monoisotopic (exact) mass is 348 g/mol. The van der Waals surface area contributed by atoms with Crippen LogP contribution in [0.3, 0.4) is 0 Å². The van der Waals surface area contributed by atoms with Gasteiger partial charge in [0.15, 0.2) is 0 Å². The zero-order valence-corrected chi connectivity index (χ0v) is 10.9. The molecule has 0 N–H and O–H groups in total. The van der Waals surface area contributed by atoms with Crippen molar-refractivity contribution in [2.24, 2.45) is 0 Å². The van der Waals surface area contributed by atoms with Crippen LogP contribution in [0.5, 0.6) is 0 Å². The van der Waals surface area contributed by atoms with Crippen LogP contribution < -0.4 is 0 Å². The Morgan fingerprint density at radius 1 is 0.800 bits per heavy atom. The molecule has 0 amide bonds. The van der Waals surface area contributed by atoms with Gasteiger partial charge in [-0.25, -0.2) is 0 Å². The molecule has 0 aromatic carbocycles. The molecule has 0 saturated heterocycles. The van der Waals surface area contributed by atoms with Gasteiger partial charge in [0, 0.05) is 0 Å². The van der Waals surface area contributed by atoms with Crippen molar-refractivity contribution < 1.29 is 32.5 Å². The SMILES string of the molecule is [CH3][Sn]([CH3])([O]CC(F)(F)F)[O]CC(F)(F)F. The first kappa shape index (κ1) is 15.3. The van der Waals surface area contributed by atoms with E-state index in [1.54, 1.807) is 0 Å². The summed E-state index contributed by atoms with van der Waals surface area (Å²) in [5, 5.41) is 0. The van der Waals surface area contributed by atoms with Gasteiger partial charge < -0.3 is 0 Å². The molecule has 9 heteroatoms. The van der Waals surface area contributed by atoms with Crippen molar-refractivity contribution in [1.82, 2.24) is 0 Å². The van der Waals surface area contributed by atoms with Crippen LogP contribution in [0.25, 0.3) is 0 Å². The van der Waals surface area contributed by atoms with Gasteiger partial charge in [-0.2, -0.15) is 0 Å². The summed E-state index contributed by atoms with van der Waals surface area (Å²) in [5.74, 6) is 0. The molecule has 0 aromatic rings. The van der Waals surface area contributed by atoms with Crippen molar-refractivity contribution in [3.8, 4) is 0 Å². The number of halogens is 6. The number of hydrogen-bond acceptors (Lipinski definition) is 2. The summed E-state index contributed by atoms with van der Waals surface area (Å²) in [5.41, 5.74) is 0. The van der Waals surface area contributed by atoms with Crippen LogP contribution in [-0.4, -0.2) is 44.8 Å². The minimum atomic E-state index is -4.55. The number of rotatable bonds is 4. The molecule has 2 nitrogen and oxygen atoms in total. The van der Waals surface area contributed by atoms with Crippen LogP contribution in [0.15, 0.2) is 0 Å². The minimum absolute atomic E-state index is 1.19. The van der Waals surface area contributed by atoms with E-state index in [9.17, 15) is 26.3 Å². The fourth-order valence-electron chi connectivity index (χ4n) is 0.553. The van der Waals surface area contributed by atoms with Gasteiger partial charge in [0.1, 0.15) is 0 Å². The van der Waals surface area contributed by atoms with Crippen molar-refractivity contribution in [1.29, 1.82) is 0 Å². The van der Waals surface area contributed by atoms with Crippen LogP contribution in [0.4, 0.5) is 26.3 Å². The van der Waals surface area contributed by atoms with E-state index in [1.807, 2.05) is 0 Å². The predicted molar refractivity (Wildman–Crippen MR) is 41.5 cm³/mol. The zero-order chi connectivity index (χ0) is 12.3. The standard InChI is InChI=1S/2C2H2F3O.2CH3.Sn/c2*3-2(4,5)1-6;;;/h2*1H2;2*1H3;/q2*-1;;;+2. The molecule has 0 saturated carbocycles. The van der Waals surface area contributed by atoms with Crippen molar-refractivity contribution in [3.05, 3.63) is 0 Å². The summed E-state index contributed by atoms with van der Waals surface area (Å²) in [6.07, 6.45) is -9.09. The Balaban J connectivity index is 3.98. The molecule has 0 aliphatic rings. The first-order valence-electron chi connectivity index (χ1n) is 3.83. The van der Waals surface area contributed by atoms with E-state index in [4.69, 9.17) is 0 Å². The van der Waals surface area contributed by atoms with Gasteiger partial charge >= 0.3 is 87.1 Å². The zero-order valence-electron chi connectivity index (χ0n) is 8.00. The fraction of sp³-hybridized carbons (Fsp3) is 1.00. The molecule has 0 bridgehead atoms. The second-order valence-electron chi connectivity index (χ2n) is 3.21. The molecule has 0 unspecified atom stereocenters. The summed E-state index contributed by atoms with van der Waals surface area (Å²) in [6.45, 7) is -3.12. The second kappa shape index (κ2) is 5.09. The van der Waals surface area contributed by atoms with E-state index < -0.39 is 44.8 Å². The third kappa shape index (κ3) is 10.6. The molecule has 92 valence electrons. The topological polar surface area (TPSA) is 18.5 Å². The molecule has 0 atom stereocenters. The quantitative estimate of drug-likeness (QED) is 0.575. The average molecular weight is 347 g/mol. The van der Waals surface area contributed by atoms with Gasteiger partial charge in [-0.3, -0.25) is 0 Å². The summed E-state index contributed by atoms with van der Waals surface area (Å²) in [6, 6.07) is 0. The molecular weight excluding hydrogens is 337 g/mol. The van der Waals surface area contributed by atoms with Gasteiger partial charge in [0.2, 0.25) is 0 Å². The molecule has 0 radical (unpaired) electrons. The Labute approximate surface area is 87.5 Å². The number of hydrogen-bond donors (Lipinski definition) is 0. The van der Waals surface area contributed by atoms with Crippen molar-refractivity contribution in [3.63, 3.8) is 0 Å². The third-order valence-corrected chi connectivity index (χ3v) is 5.96. The van der Waals surface area contributed by atoms with E-state index in [0.29, 0.717) is 0 Å². The van der Waals surface area contributed by atoms with Crippen molar-refractivity contribution in [2.75, 3.05) is 13.2 Å². The first-order chi connectivity index (χ1) is 6.41. The van der Waals surface area contributed by atoms with Crippen LogP contribution in [0.1, 0.15) is 0 Å². The molecule has 15 heavy (non-hydrogen) atoms. The maximum atomic E-state index is 11.7. The molecule has 0 heterocycles. The van der Waals surface area contributed by atoms with Crippen LogP contribution in [0, 0.1) is 0 Å². The van der Waals surface area contributed by atoms with Gasteiger partial charge in [0.25, 0.3) is 0 Å². The Hall–Kier alpha value is 0.299. The Morgan fingerprint density at radius 2 is 1.07 bits per heavy atom. The van der Waals surface area contributed by atoms with Gasteiger partial charge in [0.05, 0.1) is 0 Å². The Kier molecular flexibility index (Phi) is 5.19. The van der Waals surface area contributed by atoms with E-state index in [2.05, 4.69) is 6.15 Å². The van der Waals surface area contributed by atoms with Crippen LogP contribution in [-0.2, 0) is 6.15 Å². The van der Waals surface area contributed by atoms with E-state index >= 15 is 0 Å². The van der Waals surface area contributed by atoms with Crippen LogP contribution >= 0.6 is 0 Å². The average Bonchev–Trinajstić information content (AvgIpc) is 1.96. The first-order valence-corrected chi connectivity index (χ1v) is 11.9. The summed E-state index contributed by atoms with van der Waals surface area (Å²) in [4.78, 5) is 2.37. The summed E-state index contributed by atoms with van der Waals surface area (Å²) < 4.78 is 78.9. The second-order valence-corrected chi connectivity index (χ2v) is 12.8. The Morgan fingerprint density at radius 3 is 1.27 bits per heavy atom.